The number of halogens is 1. The van der Waals surface area contributed by atoms with Crippen molar-refractivity contribution in [3.8, 4) is 11.3 Å². The van der Waals surface area contributed by atoms with E-state index in [1.807, 2.05) is 31.3 Å². The van der Waals surface area contributed by atoms with E-state index in [-0.39, 0.29) is 11.7 Å². The number of aromatic nitrogens is 3. The van der Waals surface area contributed by atoms with E-state index in [1.165, 1.54) is 23.8 Å². The number of hydrogen-bond acceptors (Lipinski definition) is 4. The molecule has 0 bridgehead atoms. The van der Waals surface area contributed by atoms with Crippen LogP contribution in [0.3, 0.4) is 0 Å². The number of anilines is 1. The summed E-state index contributed by atoms with van der Waals surface area (Å²) in [6.07, 6.45) is 7.68. The van der Waals surface area contributed by atoms with Gasteiger partial charge in [0.15, 0.2) is 0 Å². The average Bonchev–Trinajstić information content (AvgIpc) is 3.44. The first kappa shape index (κ1) is 22.6. The molecule has 4 rings (SSSR count). The first-order chi connectivity index (χ1) is 16.0. The fourth-order valence-corrected chi connectivity index (χ4v) is 4.40. The Balaban J connectivity index is 1.36. The monoisotopic (exact) mass is 460 g/mol. The van der Waals surface area contributed by atoms with Crippen LogP contribution in [-0.4, -0.2) is 20.7 Å². The molecule has 1 amide bonds. The third kappa shape index (κ3) is 5.81. The molecular formula is C26H25FN4OS. The van der Waals surface area contributed by atoms with E-state index in [0.29, 0.717) is 0 Å². The molecule has 0 aliphatic rings. The summed E-state index contributed by atoms with van der Waals surface area (Å²) < 4.78 is 15.0. The number of carbonyl (C=O) groups excluding carboxylic acids is 1. The van der Waals surface area contributed by atoms with Crippen LogP contribution in [0.2, 0.25) is 0 Å². The minimum absolute atomic E-state index is 0.230. The van der Waals surface area contributed by atoms with Gasteiger partial charge in [0.05, 0.1) is 22.6 Å². The number of nitrogens with zero attached hydrogens (tertiary/aromatic N) is 3. The molecule has 0 saturated carbocycles. The molecule has 5 nitrogen and oxygen atoms in total. The van der Waals surface area contributed by atoms with Crippen LogP contribution in [-0.2, 0) is 31.1 Å². The summed E-state index contributed by atoms with van der Waals surface area (Å²) >= 11 is 1.71. The van der Waals surface area contributed by atoms with Gasteiger partial charge in [-0.1, -0.05) is 19.1 Å². The smallest absolute Gasteiger partial charge is 0.248 e. The average molecular weight is 461 g/mol. The molecule has 33 heavy (non-hydrogen) atoms. The fraction of sp³-hybridized carbons (Fsp3) is 0.192. The quantitative estimate of drug-likeness (QED) is 0.344. The minimum Gasteiger partial charge on any atom is -0.323 e. The van der Waals surface area contributed by atoms with Crippen LogP contribution in [0.4, 0.5) is 10.1 Å². The van der Waals surface area contributed by atoms with Crippen molar-refractivity contribution >= 4 is 29.0 Å². The Morgan fingerprint density at radius 1 is 1.12 bits per heavy atom. The molecule has 0 aliphatic heterocycles. The maximum Gasteiger partial charge on any atom is 0.248 e. The van der Waals surface area contributed by atoms with Gasteiger partial charge in [-0.15, -0.1) is 11.3 Å². The van der Waals surface area contributed by atoms with Crippen LogP contribution < -0.4 is 5.32 Å². The topological polar surface area (TPSA) is 59.8 Å². The zero-order valence-electron chi connectivity index (χ0n) is 18.6. The van der Waals surface area contributed by atoms with Crippen molar-refractivity contribution in [2.45, 2.75) is 26.2 Å². The van der Waals surface area contributed by atoms with Crippen molar-refractivity contribution in [3.63, 3.8) is 0 Å². The van der Waals surface area contributed by atoms with Crippen molar-refractivity contribution in [1.82, 2.24) is 14.8 Å². The van der Waals surface area contributed by atoms with Gasteiger partial charge in [0.25, 0.3) is 0 Å². The molecule has 0 aliphatic carbocycles. The Kier molecular flexibility index (Phi) is 7.10. The van der Waals surface area contributed by atoms with Gasteiger partial charge in [-0.3, -0.25) is 9.48 Å². The van der Waals surface area contributed by atoms with E-state index in [4.69, 9.17) is 0 Å². The Bertz CT molecular complexity index is 1260. The molecule has 7 heteroatoms. The molecule has 0 radical (unpaired) electrons. The lowest BCUT2D eigenvalue weighted by Crippen LogP contribution is -2.07. The van der Waals surface area contributed by atoms with Gasteiger partial charge in [-0.25, -0.2) is 9.37 Å². The molecule has 0 saturated heterocycles. The van der Waals surface area contributed by atoms with Gasteiger partial charge in [-0.05, 0) is 60.9 Å². The third-order valence-electron chi connectivity index (χ3n) is 5.31. The van der Waals surface area contributed by atoms with Gasteiger partial charge in [0, 0.05) is 41.7 Å². The fourth-order valence-electron chi connectivity index (χ4n) is 3.52. The lowest BCUT2D eigenvalue weighted by atomic mass is 10.1. The van der Waals surface area contributed by atoms with Gasteiger partial charge >= 0.3 is 0 Å². The Morgan fingerprint density at radius 3 is 2.58 bits per heavy atom. The highest BCUT2D eigenvalue weighted by molar-refractivity contribution is 7.09. The predicted octanol–water partition coefficient (Wildman–Crippen LogP) is 5.68. The van der Waals surface area contributed by atoms with Gasteiger partial charge in [0.2, 0.25) is 5.91 Å². The van der Waals surface area contributed by atoms with Crippen LogP contribution in [0.15, 0.2) is 66.2 Å². The maximum atomic E-state index is 13.3. The first-order valence-corrected chi connectivity index (χ1v) is 11.7. The van der Waals surface area contributed by atoms with E-state index >= 15 is 0 Å². The van der Waals surface area contributed by atoms with Crippen molar-refractivity contribution in [2.75, 3.05) is 5.32 Å². The molecule has 168 valence electrons. The van der Waals surface area contributed by atoms with E-state index < -0.39 is 0 Å². The third-order valence-corrected chi connectivity index (χ3v) is 6.27. The predicted molar refractivity (Wildman–Crippen MR) is 132 cm³/mol. The van der Waals surface area contributed by atoms with E-state index in [1.54, 1.807) is 40.4 Å². The summed E-state index contributed by atoms with van der Waals surface area (Å²) in [7, 11) is 1.81. The summed E-state index contributed by atoms with van der Waals surface area (Å²) in [5.74, 6) is -0.524. The Hall–Kier alpha value is -3.58. The Labute approximate surface area is 196 Å². The lowest BCUT2D eigenvalue weighted by molar-refractivity contribution is -0.111. The molecule has 4 aromatic rings. The number of rotatable bonds is 8. The lowest BCUT2D eigenvalue weighted by Gasteiger charge is -2.05. The standard InChI is InChI=1S/C26H25FN4OS/c1-3-22-17-33-25(30-22)15-6-18-4-12-23(13-5-18)29-24(32)14-9-20-16-28-31(2)26(20)19-7-10-21(27)11-8-19/h4-5,7-14,16-17H,3,6,15H2,1-2H3,(H,29,32). The molecule has 0 fully saturated rings. The Morgan fingerprint density at radius 2 is 1.88 bits per heavy atom. The van der Waals surface area contributed by atoms with Crippen LogP contribution in [0.5, 0.6) is 0 Å². The maximum absolute atomic E-state index is 13.3. The van der Waals surface area contributed by atoms with E-state index in [0.717, 1.165) is 52.5 Å². The van der Waals surface area contributed by atoms with Crippen LogP contribution in [0.1, 0.15) is 28.8 Å². The normalized spacial score (nSPS) is 11.2. The highest BCUT2D eigenvalue weighted by atomic mass is 32.1. The number of aryl methyl sites for hydroxylation is 4. The largest absolute Gasteiger partial charge is 0.323 e. The summed E-state index contributed by atoms with van der Waals surface area (Å²) in [6.45, 7) is 2.11. The van der Waals surface area contributed by atoms with E-state index in [2.05, 4.69) is 27.7 Å². The minimum atomic E-state index is -0.294. The van der Waals surface area contributed by atoms with E-state index in [9.17, 15) is 9.18 Å². The van der Waals surface area contributed by atoms with Gasteiger partial charge in [-0.2, -0.15) is 5.10 Å². The summed E-state index contributed by atoms with van der Waals surface area (Å²) in [4.78, 5) is 17.0. The second kappa shape index (κ2) is 10.4. The van der Waals surface area contributed by atoms with Crippen molar-refractivity contribution < 1.29 is 9.18 Å². The number of benzene rings is 2. The zero-order chi connectivity index (χ0) is 23.2. The zero-order valence-corrected chi connectivity index (χ0v) is 19.4. The number of thiazole rings is 1. The van der Waals surface area contributed by atoms with Crippen LogP contribution >= 0.6 is 11.3 Å². The number of carbonyl (C=O) groups is 1. The van der Waals surface area contributed by atoms with Gasteiger partial charge < -0.3 is 5.32 Å². The molecule has 1 N–H and O–H groups in total. The summed E-state index contributed by atoms with van der Waals surface area (Å²) in [6, 6.07) is 14.1. The molecule has 2 heterocycles. The highest BCUT2D eigenvalue weighted by Crippen LogP contribution is 2.24. The van der Waals surface area contributed by atoms with Crippen molar-refractivity contribution in [1.29, 1.82) is 0 Å². The molecule has 2 aromatic heterocycles. The first-order valence-electron chi connectivity index (χ1n) is 10.8. The second-order valence-electron chi connectivity index (χ2n) is 7.68. The SMILES string of the molecule is CCc1csc(CCc2ccc(NC(=O)C=Cc3cnn(C)c3-c3ccc(F)cc3)cc2)n1. The number of amides is 1. The number of hydrogen-bond donors (Lipinski definition) is 1. The summed E-state index contributed by atoms with van der Waals surface area (Å²) in [5.41, 5.74) is 5.52. The second-order valence-corrected chi connectivity index (χ2v) is 8.63. The van der Waals surface area contributed by atoms with Gasteiger partial charge in [0.1, 0.15) is 5.82 Å². The molecule has 0 spiro atoms. The molecule has 2 aromatic carbocycles. The van der Waals surface area contributed by atoms with Crippen molar-refractivity contribution in [2.24, 2.45) is 7.05 Å². The van der Waals surface area contributed by atoms with Crippen LogP contribution in [0.25, 0.3) is 17.3 Å². The highest BCUT2D eigenvalue weighted by Gasteiger charge is 2.10. The summed E-state index contributed by atoms with van der Waals surface area (Å²) in [5, 5.41) is 10.4. The number of nitrogens with one attached hydrogen (secondary N) is 1. The van der Waals surface area contributed by atoms with Crippen molar-refractivity contribution in [3.05, 3.63) is 93.8 Å². The molecular weight excluding hydrogens is 435 g/mol. The molecule has 0 atom stereocenters. The molecule has 0 unspecified atom stereocenters. The van der Waals surface area contributed by atoms with Crippen LogP contribution in [0, 0.1) is 5.82 Å².